The van der Waals surface area contributed by atoms with Crippen molar-refractivity contribution >= 4 is 27.4 Å². The van der Waals surface area contributed by atoms with E-state index in [1.807, 2.05) is 4.90 Å². The second-order valence-electron chi connectivity index (χ2n) is 5.47. The Labute approximate surface area is 127 Å². The van der Waals surface area contributed by atoms with Crippen LogP contribution >= 0.6 is 11.6 Å². The topological polar surface area (TPSA) is 92.6 Å². The number of anilines is 1. The van der Waals surface area contributed by atoms with Crippen molar-refractivity contribution in [1.82, 2.24) is 9.97 Å². The summed E-state index contributed by atoms with van der Waals surface area (Å²) in [7, 11) is -3.52. The molecule has 2 fully saturated rings. The van der Waals surface area contributed by atoms with Crippen LogP contribution in [-0.2, 0) is 14.6 Å². The maximum atomic E-state index is 11.7. The Morgan fingerprint density at radius 3 is 2.57 bits per heavy atom. The van der Waals surface area contributed by atoms with Crippen molar-refractivity contribution in [3.05, 3.63) is 11.2 Å². The van der Waals surface area contributed by atoms with Gasteiger partial charge in [0, 0.05) is 6.26 Å². The second kappa shape index (κ2) is 5.35. The van der Waals surface area contributed by atoms with E-state index in [0.717, 1.165) is 6.26 Å². The average molecular weight is 334 g/mol. The summed E-state index contributed by atoms with van der Waals surface area (Å²) in [6, 6.07) is -0.109. The van der Waals surface area contributed by atoms with Gasteiger partial charge in [0.2, 0.25) is 5.95 Å². The van der Waals surface area contributed by atoms with Crippen molar-refractivity contribution in [3.63, 3.8) is 0 Å². The molecule has 3 rings (SSSR count). The normalized spacial score (nSPS) is 29.5. The number of morpholine rings is 1. The van der Waals surface area contributed by atoms with Gasteiger partial charge in [0.15, 0.2) is 14.9 Å². The molecule has 2 aliphatic rings. The number of hydrogen-bond acceptors (Lipinski definition) is 7. The molecule has 1 N–H and O–H groups in total. The minimum Gasteiger partial charge on any atom is -0.393 e. The van der Waals surface area contributed by atoms with E-state index in [2.05, 4.69) is 9.97 Å². The summed E-state index contributed by atoms with van der Waals surface area (Å²) in [6.07, 6.45) is 3.10. The van der Waals surface area contributed by atoms with E-state index in [4.69, 9.17) is 16.3 Å². The zero-order valence-electron chi connectivity index (χ0n) is 11.4. The molecule has 1 aromatic rings. The van der Waals surface area contributed by atoms with Crippen LogP contribution in [0.4, 0.5) is 5.95 Å². The van der Waals surface area contributed by atoms with Gasteiger partial charge in [-0.25, -0.2) is 13.4 Å². The van der Waals surface area contributed by atoms with Crippen molar-refractivity contribution in [3.8, 4) is 0 Å². The van der Waals surface area contributed by atoms with Crippen LogP contribution in [0.25, 0.3) is 0 Å². The molecule has 2 saturated heterocycles. The maximum Gasteiger partial charge on any atom is 0.227 e. The van der Waals surface area contributed by atoms with Gasteiger partial charge in [-0.2, -0.15) is 4.98 Å². The molecular weight excluding hydrogens is 318 g/mol. The van der Waals surface area contributed by atoms with Crippen molar-refractivity contribution < 1.29 is 18.3 Å². The minimum absolute atomic E-state index is 0.0136. The number of aliphatic hydroxyl groups excluding tert-OH is 1. The van der Waals surface area contributed by atoms with Crippen molar-refractivity contribution in [2.24, 2.45) is 0 Å². The predicted molar refractivity (Wildman–Crippen MR) is 76.3 cm³/mol. The Kier molecular flexibility index (Phi) is 3.81. The van der Waals surface area contributed by atoms with E-state index in [9.17, 15) is 13.5 Å². The molecule has 2 aliphatic heterocycles. The fourth-order valence-electron chi connectivity index (χ4n) is 2.94. The van der Waals surface area contributed by atoms with Crippen LogP contribution in [0.5, 0.6) is 0 Å². The highest BCUT2D eigenvalue weighted by molar-refractivity contribution is 7.90. The number of aromatic nitrogens is 2. The molecule has 116 valence electrons. The molecule has 0 radical (unpaired) electrons. The van der Waals surface area contributed by atoms with Crippen LogP contribution in [0, 0.1) is 0 Å². The molecule has 0 spiro atoms. The third kappa shape index (κ3) is 2.85. The number of ether oxygens (including phenoxy) is 1. The molecule has 3 heterocycles. The summed E-state index contributed by atoms with van der Waals surface area (Å²) in [4.78, 5) is 10.2. The Balaban J connectivity index is 2.01. The van der Waals surface area contributed by atoms with E-state index in [1.165, 1.54) is 6.20 Å². The third-order valence-electron chi connectivity index (χ3n) is 3.78. The average Bonchev–Trinajstić information content (AvgIpc) is 2.37. The number of halogens is 1. The molecule has 21 heavy (non-hydrogen) atoms. The summed E-state index contributed by atoms with van der Waals surface area (Å²) in [5.74, 6) is 0.324. The molecule has 1 unspecified atom stereocenters. The van der Waals surface area contributed by atoms with Crippen LogP contribution < -0.4 is 4.90 Å². The standard InChI is InChI=1S/C12H16ClN3O4S/c1-21(18,19)11-10(13)4-14-12(15-11)16-7-2-9(17)3-8(16)6-20-5-7/h4,7-9,17H,2-3,5-6H2,1H3/t7-,8+,9?. The lowest BCUT2D eigenvalue weighted by molar-refractivity contribution is 0.000272. The van der Waals surface area contributed by atoms with Crippen molar-refractivity contribution in [2.45, 2.75) is 36.1 Å². The van der Waals surface area contributed by atoms with Gasteiger partial charge < -0.3 is 14.7 Å². The lowest BCUT2D eigenvalue weighted by Crippen LogP contribution is -2.59. The van der Waals surface area contributed by atoms with Crippen molar-refractivity contribution in [2.75, 3.05) is 24.4 Å². The monoisotopic (exact) mass is 333 g/mol. The van der Waals surface area contributed by atoms with E-state index in [-0.39, 0.29) is 28.2 Å². The Hall–Kier alpha value is -0.960. The van der Waals surface area contributed by atoms with Gasteiger partial charge in [-0.05, 0) is 12.8 Å². The fourth-order valence-corrected chi connectivity index (χ4v) is 4.11. The van der Waals surface area contributed by atoms with Gasteiger partial charge in [-0.3, -0.25) is 0 Å². The quantitative estimate of drug-likeness (QED) is 0.776. The molecule has 0 aliphatic carbocycles. The van der Waals surface area contributed by atoms with Crippen LogP contribution in [0.2, 0.25) is 5.02 Å². The lowest BCUT2D eigenvalue weighted by atomic mass is 9.92. The van der Waals surface area contributed by atoms with E-state index < -0.39 is 9.84 Å². The predicted octanol–water partition coefficient (Wildman–Crippen LogP) is 0.262. The highest BCUT2D eigenvalue weighted by atomic mass is 35.5. The molecule has 1 aromatic heterocycles. The maximum absolute atomic E-state index is 11.7. The summed E-state index contributed by atoms with van der Waals surface area (Å²) in [5, 5.41) is 9.71. The minimum atomic E-state index is -3.52. The van der Waals surface area contributed by atoms with Gasteiger partial charge in [0.1, 0.15) is 0 Å². The molecule has 2 bridgehead atoms. The Morgan fingerprint density at radius 2 is 2.00 bits per heavy atom. The van der Waals surface area contributed by atoms with Gasteiger partial charge >= 0.3 is 0 Å². The molecule has 9 heteroatoms. The molecule has 3 atom stereocenters. The largest absolute Gasteiger partial charge is 0.393 e. The van der Waals surface area contributed by atoms with Crippen molar-refractivity contribution in [1.29, 1.82) is 0 Å². The number of rotatable bonds is 2. The van der Waals surface area contributed by atoms with Gasteiger partial charge in [0.25, 0.3) is 0 Å². The fraction of sp³-hybridized carbons (Fsp3) is 0.667. The van der Waals surface area contributed by atoms with Gasteiger partial charge in [-0.15, -0.1) is 0 Å². The first-order valence-electron chi connectivity index (χ1n) is 6.63. The van der Waals surface area contributed by atoms with Gasteiger partial charge in [0.05, 0.1) is 42.6 Å². The summed E-state index contributed by atoms with van der Waals surface area (Å²) in [5.41, 5.74) is 0. The van der Waals surface area contributed by atoms with Crippen LogP contribution in [-0.4, -0.2) is 61.1 Å². The Bertz CT molecular complexity index is 640. The van der Waals surface area contributed by atoms with Crippen LogP contribution in [0.15, 0.2) is 11.2 Å². The first kappa shape index (κ1) is 15.0. The summed E-state index contributed by atoms with van der Waals surface area (Å²) < 4.78 is 29.0. The second-order valence-corrected chi connectivity index (χ2v) is 7.81. The lowest BCUT2D eigenvalue weighted by Gasteiger charge is -2.47. The first-order valence-corrected chi connectivity index (χ1v) is 8.90. The summed E-state index contributed by atoms with van der Waals surface area (Å²) in [6.45, 7) is 0.932. The molecule has 0 amide bonds. The molecule has 0 aromatic carbocycles. The smallest absolute Gasteiger partial charge is 0.227 e. The third-order valence-corrected chi connectivity index (χ3v) is 5.18. The SMILES string of the molecule is CS(=O)(=O)c1nc(N2[C@@H]3COC[C@H]2CC(O)C3)ncc1Cl. The van der Waals surface area contributed by atoms with E-state index >= 15 is 0 Å². The van der Waals surface area contributed by atoms with Gasteiger partial charge in [-0.1, -0.05) is 11.6 Å². The number of sulfone groups is 1. The van der Waals surface area contributed by atoms with E-state index in [1.54, 1.807) is 0 Å². The number of hydrogen-bond donors (Lipinski definition) is 1. The van der Waals surface area contributed by atoms with Crippen LogP contribution in [0.1, 0.15) is 12.8 Å². The number of nitrogens with zero attached hydrogens (tertiary/aromatic N) is 3. The highest BCUT2D eigenvalue weighted by Gasteiger charge is 2.40. The first-order chi connectivity index (χ1) is 9.86. The number of aliphatic hydroxyl groups is 1. The Morgan fingerprint density at radius 1 is 1.38 bits per heavy atom. The highest BCUT2D eigenvalue weighted by Crippen LogP contribution is 2.32. The summed E-state index contributed by atoms with van der Waals surface area (Å²) >= 11 is 5.88. The zero-order valence-corrected chi connectivity index (χ0v) is 13.0. The number of piperidine rings is 1. The number of fused-ring (bicyclic) bond motifs is 2. The van der Waals surface area contributed by atoms with Crippen LogP contribution in [0.3, 0.4) is 0 Å². The molecule has 0 saturated carbocycles. The van der Waals surface area contributed by atoms with E-state index in [0.29, 0.717) is 32.0 Å². The molecular formula is C12H16ClN3O4S. The molecule has 7 nitrogen and oxygen atoms in total. The zero-order chi connectivity index (χ0) is 15.2.